The van der Waals surface area contributed by atoms with Crippen LogP contribution in [0.25, 0.3) is 16.9 Å². The predicted octanol–water partition coefficient (Wildman–Crippen LogP) is 5.18. The second-order valence-corrected chi connectivity index (χ2v) is 8.01. The number of amides is 1. The first-order chi connectivity index (χ1) is 13.6. The summed E-state index contributed by atoms with van der Waals surface area (Å²) >= 11 is 1.53. The molecule has 5 heteroatoms. The Hall–Kier alpha value is -3.18. The number of hydrogen-bond acceptors (Lipinski definition) is 3. The number of rotatable bonds is 5. The number of nitrogens with zero attached hydrogens (tertiary/aromatic N) is 3. The molecule has 4 rings (SSSR count). The molecule has 28 heavy (non-hydrogen) atoms. The normalized spacial score (nSPS) is 10.8. The summed E-state index contributed by atoms with van der Waals surface area (Å²) in [7, 11) is 1.84. The maximum absolute atomic E-state index is 12.8. The molecule has 2 aromatic heterocycles. The van der Waals surface area contributed by atoms with Crippen molar-refractivity contribution < 1.29 is 4.79 Å². The Morgan fingerprint density at radius 1 is 1.00 bits per heavy atom. The van der Waals surface area contributed by atoms with E-state index in [-0.39, 0.29) is 5.91 Å². The zero-order chi connectivity index (χ0) is 19.5. The quantitative estimate of drug-likeness (QED) is 0.473. The fourth-order valence-corrected chi connectivity index (χ4v) is 4.00. The number of aromatic nitrogens is 2. The summed E-state index contributed by atoms with van der Waals surface area (Å²) < 4.78 is 1.88. The first-order valence-electron chi connectivity index (χ1n) is 9.13. The summed E-state index contributed by atoms with van der Waals surface area (Å²) in [5.74, 6) is 0.0320. The molecule has 0 unspecified atom stereocenters. The highest BCUT2D eigenvalue weighted by molar-refractivity contribution is 7.13. The van der Waals surface area contributed by atoms with Crippen LogP contribution in [0.5, 0.6) is 0 Å². The summed E-state index contributed by atoms with van der Waals surface area (Å²) in [6.07, 6.45) is 2.01. The highest BCUT2D eigenvalue weighted by Gasteiger charge is 2.18. The Bertz CT molecular complexity index is 1080. The first-order valence-corrected chi connectivity index (χ1v) is 9.95. The van der Waals surface area contributed by atoms with E-state index >= 15 is 0 Å². The SMILES string of the molecule is Cc1ccc(C(=O)N(C)Cc2cn(-c3ccccc3)nc2-c2ccccc2)s1. The largest absolute Gasteiger partial charge is 0.337 e. The van der Waals surface area contributed by atoms with Gasteiger partial charge in [0.2, 0.25) is 0 Å². The lowest BCUT2D eigenvalue weighted by molar-refractivity contribution is 0.0790. The highest BCUT2D eigenvalue weighted by atomic mass is 32.1. The molecule has 0 atom stereocenters. The minimum Gasteiger partial charge on any atom is -0.337 e. The maximum Gasteiger partial charge on any atom is 0.263 e. The van der Waals surface area contributed by atoms with Crippen molar-refractivity contribution in [3.8, 4) is 16.9 Å². The monoisotopic (exact) mass is 387 g/mol. The van der Waals surface area contributed by atoms with Crippen molar-refractivity contribution in [2.75, 3.05) is 7.05 Å². The summed E-state index contributed by atoms with van der Waals surface area (Å²) in [5, 5.41) is 4.82. The Morgan fingerprint density at radius 3 is 2.32 bits per heavy atom. The Balaban J connectivity index is 1.68. The zero-order valence-corrected chi connectivity index (χ0v) is 16.7. The molecular weight excluding hydrogens is 366 g/mol. The van der Waals surface area contributed by atoms with Gasteiger partial charge in [0.1, 0.15) is 0 Å². The van der Waals surface area contributed by atoms with Gasteiger partial charge in [-0.2, -0.15) is 5.10 Å². The van der Waals surface area contributed by atoms with Crippen LogP contribution in [-0.2, 0) is 6.54 Å². The average Bonchev–Trinajstić information content (AvgIpc) is 3.35. The van der Waals surface area contributed by atoms with Crippen LogP contribution in [0.15, 0.2) is 79.0 Å². The van der Waals surface area contributed by atoms with Gasteiger partial charge in [0.15, 0.2) is 0 Å². The molecule has 140 valence electrons. The number of para-hydroxylation sites is 1. The van der Waals surface area contributed by atoms with Crippen molar-refractivity contribution in [2.24, 2.45) is 0 Å². The molecular formula is C23H21N3OS. The molecule has 0 spiro atoms. The second-order valence-electron chi connectivity index (χ2n) is 6.72. The van der Waals surface area contributed by atoms with Gasteiger partial charge in [0.05, 0.1) is 16.3 Å². The number of carbonyl (C=O) groups excluding carboxylic acids is 1. The first kappa shape index (κ1) is 18.2. The summed E-state index contributed by atoms with van der Waals surface area (Å²) in [6.45, 7) is 2.51. The van der Waals surface area contributed by atoms with Crippen LogP contribution < -0.4 is 0 Å². The molecule has 1 amide bonds. The van der Waals surface area contributed by atoms with E-state index in [1.165, 1.54) is 11.3 Å². The van der Waals surface area contributed by atoms with E-state index in [1.54, 1.807) is 4.90 Å². The van der Waals surface area contributed by atoms with Gasteiger partial charge in [-0.15, -0.1) is 11.3 Å². The lowest BCUT2D eigenvalue weighted by Crippen LogP contribution is -2.25. The van der Waals surface area contributed by atoms with Gasteiger partial charge in [0.25, 0.3) is 5.91 Å². The Kier molecular flexibility index (Phi) is 5.08. The van der Waals surface area contributed by atoms with Gasteiger partial charge >= 0.3 is 0 Å². The maximum atomic E-state index is 12.8. The third-order valence-electron chi connectivity index (χ3n) is 4.56. The van der Waals surface area contributed by atoms with Gasteiger partial charge < -0.3 is 4.90 Å². The summed E-state index contributed by atoms with van der Waals surface area (Å²) in [5.41, 5.74) is 3.94. The van der Waals surface area contributed by atoms with Crippen molar-refractivity contribution in [3.05, 3.63) is 94.3 Å². The smallest absolute Gasteiger partial charge is 0.263 e. The standard InChI is InChI=1S/C23H21N3OS/c1-17-13-14-21(28-17)23(27)25(2)15-19-16-26(20-11-7-4-8-12-20)24-22(19)18-9-5-3-6-10-18/h3-14,16H,15H2,1-2H3. The lowest BCUT2D eigenvalue weighted by Gasteiger charge is -2.16. The van der Waals surface area contributed by atoms with Crippen LogP contribution in [0.1, 0.15) is 20.1 Å². The molecule has 0 bridgehead atoms. The number of aryl methyl sites for hydroxylation is 1. The summed E-state index contributed by atoms with van der Waals surface area (Å²) in [6, 6.07) is 24.0. The van der Waals surface area contributed by atoms with Crippen LogP contribution in [0.4, 0.5) is 0 Å². The number of thiophene rings is 1. The topological polar surface area (TPSA) is 38.1 Å². The molecule has 2 heterocycles. The molecule has 4 nitrogen and oxygen atoms in total. The van der Waals surface area contributed by atoms with Crippen molar-refractivity contribution in [2.45, 2.75) is 13.5 Å². The summed E-state index contributed by atoms with van der Waals surface area (Å²) in [4.78, 5) is 16.4. The molecule has 0 aliphatic heterocycles. The Labute approximate surface area is 168 Å². The van der Waals surface area contributed by atoms with Crippen LogP contribution in [-0.4, -0.2) is 27.6 Å². The van der Waals surface area contributed by atoms with Crippen LogP contribution >= 0.6 is 11.3 Å². The lowest BCUT2D eigenvalue weighted by atomic mass is 10.1. The molecule has 0 saturated carbocycles. The predicted molar refractivity (Wildman–Crippen MR) is 114 cm³/mol. The van der Waals surface area contributed by atoms with Crippen LogP contribution in [0.2, 0.25) is 0 Å². The van der Waals surface area contributed by atoms with Crippen molar-refractivity contribution in [1.82, 2.24) is 14.7 Å². The van der Waals surface area contributed by atoms with Crippen LogP contribution in [0, 0.1) is 6.92 Å². The number of benzene rings is 2. The van der Waals surface area contributed by atoms with Gasteiger partial charge in [0, 0.05) is 35.8 Å². The Morgan fingerprint density at radius 2 is 1.68 bits per heavy atom. The van der Waals surface area contributed by atoms with Crippen LogP contribution in [0.3, 0.4) is 0 Å². The van der Waals surface area contributed by atoms with Crippen molar-refractivity contribution in [1.29, 1.82) is 0 Å². The molecule has 0 saturated heterocycles. The fourth-order valence-electron chi connectivity index (χ4n) is 3.14. The van der Waals surface area contributed by atoms with E-state index in [2.05, 4.69) is 0 Å². The third-order valence-corrected chi connectivity index (χ3v) is 5.55. The second kappa shape index (κ2) is 7.82. The molecule has 4 aromatic rings. The van der Waals surface area contributed by atoms with Crippen molar-refractivity contribution >= 4 is 17.2 Å². The molecule has 0 aliphatic carbocycles. The van der Waals surface area contributed by atoms with E-state index in [0.29, 0.717) is 6.54 Å². The molecule has 2 aromatic carbocycles. The zero-order valence-electron chi connectivity index (χ0n) is 15.9. The number of hydrogen-bond donors (Lipinski definition) is 0. The van der Waals surface area contributed by atoms with Crippen molar-refractivity contribution in [3.63, 3.8) is 0 Å². The van der Waals surface area contributed by atoms with Gasteiger partial charge in [-0.1, -0.05) is 48.5 Å². The van der Waals surface area contributed by atoms with E-state index in [9.17, 15) is 4.79 Å². The minimum absolute atomic E-state index is 0.0320. The van der Waals surface area contributed by atoms with Gasteiger partial charge in [-0.05, 0) is 31.2 Å². The van der Waals surface area contributed by atoms with Gasteiger partial charge in [-0.25, -0.2) is 4.68 Å². The van der Waals surface area contributed by atoms with E-state index in [4.69, 9.17) is 5.10 Å². The molecule has 0 fully saturated rings. The van der Waals surface area contributed by atoms with Gasteiger partial charge in [-0.3, -0.25) is 4.79 Å². The third kappa shape index (κ3) is 3.75. The molecule has 0 aliphatic rings. The fraction of sp³-hybridized carbons (Fsp3) is 0.130. The molecule has 0 N–H and O–H groups in total. The average molecular weight is 388 g/mol. The van der Waals surface area contributed by atoms with E-state index in [0.717, 1.165) is 32.3 Å². The van der Waals surface area contributed by atoms with E-state index in [1.807, 2.05) is 97.6 Å². The van der Waals surface area contributed by atoms with E-state index < -0.39 is 0 Å². The highest BCUT2D eigenvalue weighted by Crippen LogP contribution is 2.25. The number of carbonyl (C=O) groups is 1. The minimum atomic E-state index is 0.0320. The molecule has 0 radical (unpaired) electrons.